The summed E-state index contributed by atoms with van der Waals surface area (Å²) >= 11 is 1.68. The fraction of sp³-hybridized carbons (Fsp3) is 0.500. The SMILES string of the molecule is O=CC1CCCCC1.c1ccc2c(c1)NCNS2. The van der Waals surface area contributed by atoms with Gasteiger partial charge < -0.3 is 10.1 Å². The molecule has 0 unspecified atom stereocenters. The molecule has 0 amide bonds. The lowest BCUT2D eigenvalue weighted by molar-refractivity contribution is -0.111. The molecular weight excluding hydrogens is 244 g/mol. The van der Waals surface area contributed by atoms with Crippen molar-refractivity contribution in [3.05, 3.63) is 24.3 Å². The van der Waals surface area contributed by atoms with Gasteiger partial charge in [0.1, 0.15) is 6.29 Å². The van der Waals surface area contributed by atoms with Crippen molar-refractivity contribution < 1.29 is 4.79 Å². The van der Waals surface area contributed by atoms with Crippen molar-refractivity contribution in [1.82, 2.24) is 4.72 Å². The van der Waals surface area contributed by atoms with Crippen molar-refractivity contribution in [3.8, 4) is 0 Å². The van der Waals surface area contributed by atoms with Crippen LogP contribution in [0.3, 0.4) is 0 Å². The Morgan fingerprint density at radius 2 is 1.94 bits per heavy atom. The summed E-state index contributed by atoms with van der Waals surface area (Å²) in [6.45, 7) is 0.849. The first-order valence-electron chi connectivity index (χ1n) is 6.58. The van der Waals surface area contributed by atoms with Gasteiger partial charge in [0.25, 0.3) is 0 Å². The van der Waals surface area contributed by atoms with Crippen LogP contribution in [0.25, 0.3) is 0 Å². The zero-order valence-corrected chi connectivity index (χ0v) is 11.3. The van der Waals surface area contributed by atoms with Gasteiger partial charge in [-0.05, 0) is 36.9 Å². The Labute approximate surface area is 113 Å². The molecule has 0 radical (unpaired) electrons. The minimum atomic E-state index is 0.406. The molecule has 1 aromatic rings. The molecule has 0 spiro atoms. The third-order valence-corrected chi connectivity index (χ3v) is 4.13. The van der Waals surface area contributed by atoms with Gasteiger partial charge in [-0.3, -0.25) is 0 Å². The van der Waals surface area contributed by atoms with E-state index in [1.54, 1.807) is 11.9 Å². The lowest BCUT2D eigenvalue weighted by Gasteiger charge is -2.16. The number of nitrogens with one attached hydrogen (secondary N) is 2. The van der Waals surface area contributed by atoms with Gasteiger partial charge in [-0.2, -0.15) is 0 Å². The van der Waals surface area contributed by atoms with E-state index in [0.717, 1.165) is 25.8 Å². The van der Waals surface area contributed by atoms with Gasteiger partial charge >= 0.3 is 0 Å². The highest BCUT2D eigenvalue weighted by atomic mass is 32.2. The van der Waals surface area contributed by atoms with E-state index < -0.39 is 0 Å². The molecule has 4 heteroatoms. The van der Waals surface area contributed by atoms with Crippen molar-refractivity contribution in [1.29, 1.82) is 0 Å². The summed E-state index contributed by atoms with van der Waals surface area (Å²) in [5, 5.41) is 3.23. The number of anilines is 1. The molecule has 2 aliphatic rings. The zero-order valence-electron chi connectivity index (χ0n) is 10.5. The van der Waals surface area contributed by atoms with Crippen molar-refractivity contribution in [2.24, 2.45) is 5.92 Å². The van der Waals surface area contributed by atoms with Crippen LogP contribution in [0.4, 0.5) is 5.69 Å². The number of rotatable bonds is 1. The second-order valence-corrected chi connectivity index (χ2v) is 5.56. The van der Waals surface area contributed by atoms with Gasteiger partial charge in [-0.15, -0.1) is 0 Å². The Morgan fingerprint density at radius 3 is 2.61 bits per heavy atom. The monoisotopic (exact) mass is 264 g/mol. The Balaban J connectivity index is 0.000000138. The van der Waals surface area contributed by atoms with E-state index in [4.69, 9.17) is 0 Å². The number of carbonyl (C=O) groups excluding carboxylic acids is 1. The van der Waals surface area contributed by atoms with Gasteiger partial charge in [-0.1, -0.05) is 31.4 Å². The van der Waals surface area contributed by atoms with Crippen LogP contribution < -0.4 is 10.0 Å². The zero-order chi connectivity index (χ0) is 12.6. The van der Waals surface area contributed by atoms with E-state index in [2.05, 4.69) is 22.2 Å². The molecule has 18 heavy (non-hydrogen) atoms. The lowest BCUT2D eigenvalue weighted by atomic mass is 9.91. The maximum Gasteiger partial charge on any atom is 0.123 e. The number of hydrogen-bond acceptors (Lipinski definition) is 4. The molecule has 3 nitrogen and oxygen atoms in total. The van der Waals surface area contributed by atoms with Gasteiger partial charge in [-0.25, -0.2) is 4.72 Å². The summed E-state index contributed by atoms with van der Waals surface area (Å²) < 4.78 is 3.15. The first-order chi connectivity index (χ1) is 8.90. The Bertz CT molecular complexity index is 353. The quantitative estimate of drug-likeness (QED) is 0.602. The minimum Gasteiger partial charge on any atom is -0.371 e. The summed E-state index contributed by atoms with van der Waals surface area (Å²) in [7, 11) is 0. The van der Waals surface area contributed by atoms with Crippen molar-refractivity contribution in [3.63, 3.8) is 0 Å². The van der Waals surface area contributed by atoms with Crippen LogP contribution in [0.1, 0.15) is 32.1 Å². The minimum absolute atomic E-state index is 0.406. The maximum atomic E-state index is 10.2. The van der Waals surface area contributed by atoms with Crippen LogP contribution in [0.5, 0.6) is 0 Å². The number of hydrogen-bond donors (Lipinski definition) is 2. The fourth-order valence-corrected chi connectivity index (χ4v) is 2.91. The lowest BCUT2D eigenvalue weighted by Crippen LogP contribution is -2.19. The second kappa shape index (κ2) is 7.44. The molecule has 1 aliphatic carbocycles. The predicted octanol–water partition coefficient (Wildman–Crippen LogP) is 3.43. The van der Waals surface area contributed by atoms with Crippen LogP contribution in [0.15, 0.2) is 29.2 Å². The molecule has 1 aliphatic heterocycles. The molecule has 3 rings (SSSR count). The highest BCUT2D eigenvalue weighted by molar-refractivity contribution is 7.97. The molecule has 1 saturated carbocycles. The summed E-state index contributed by atoms with van der Waals surface area (Å²) in [6, 6.07) is 8.26. The molecule has 1 fully saturated rings. The number of para-hydroxylation sites is 1. The van der Waals surface area contributed by atoms with E-state index >= 15 is 0 Å². The summed E-state index contributed by atoms with van der Waals surface area (Å²) in [6.07, 6.45) is 7.27. The molecule has 0 atom stereocenters. The normalized spacial score (nSPS) is 18.9. The summed E-state index contributed by atoms with van der Waals surface area (Å²) in [5.41, 5.74) is 1.23. The van der Waals surface area contributed by atoms with Crippen LogP contribution in [0.2, 0.25) is 0 Å². The van der Waals surface area contributed by atoms with Crippen molar-refractivity contribution in [2.45, 2.75) is 37.0 Å². The van der Waals surface area contributed by atoms with Crippen molar-refractivity contribution in [2.75, 3.05) is 12.0 Å². The Morgan fingerprint density at radius 1 is 1.17 bits per heavy atom. The highest BCUT2D eigenvalue weighted by Gasteiger charge is 2.10. The first-order valence-corrected chi connectivity index (χ1v) is 7.39. The largest absolute Gasteiger partial charge is 0.371 e. The predicted molar refractivity (Wildman–Crippen MR) is 76.6 cm³/mol. The third-order valence-electron chi connectivity index (χ3n) is 3.26. The van der Waals surface area contributed by atoms with Gasteiger partial charge in [0, 0.05) is 10.8 Å². The van der Waals surface area contributed by atoms with Crippen LogP contribution in [-0.4, -0.2) is 13.0 Å². The molecule has 1 heterocycles. The molecule has 98 valence electrons. The van der Waals surface area contributed by atoms with Gasteiger partial charge in [0.05, 0.1) is 12.4 Å². The standard InChI is InChI=1S/C7H8N2S.C7H12O/c1-2-4-7-6(3-1)8-5-9-10-7;8-6-7-4-2-1-3-5-7/h1-4,8-9H,5H2;6-7H,1-5H2. The first kappa shape index (κ1) is 13.4. The molecule has 0 bridgehead atoms. The van der Waals surface area contributed by atoms with E-state index in [1.807, 2.05) is 12.1 Å². The average molecular weight is 264 g/mol. The van der Waals surface area contributed by atoms with Crippen LogP contribution >= 0.6 is 11.9 Å². The van der Waals surface area contributed by atoms with Crippen LogP contribution in [-0.2, 0) is 4.79 Å². The molecule has 2 N–H and O–H groups in total. The molecule has 0 aromatic heterocycles. The van der Waals surface area contributed by atoms with E-state index in [0.29, 0.717) is 5.92 Å². The molecular formula is C14H20N2OS. The summed E-state index contributed by atoms with van der Waals surface area (Å²) in [5.74, 6) is 0.406. The van der Waals surface area contributed by atoms with E-state index in [-0.39, 0.29) is 0 Å². The number of aldehydes is 1. The Kier molecular flexibility index (Phi) is 5.55. The number of fused-ring (bicyclic) bond motifs is 1. The van der Waals surface area contributed by atoms with Crippen molar-refractivity contribution >= 4 is 23.9 Å². The average Bonchev–Trinajstić information content (AvgIpc) is 2.49. The van der Waals surface area contributed by atoms with Gasteiger partial charge in [0.2, 0.25) is 0 Å². The summed E-state index contributed by atoms with van der Waals surface area (Å²) in [4.78, 5) is 11.4. The van der Waals surface area contributed by atoms with E-state index in [9.17, 15) is 4.79 Å². The smallest absolute Gasteiger partial charge is 0.123 e. The third kappa shape index (κ3) is 4.03. The topological polar surface area (TPSA) is 41.1 Å². The second-order valence-electron chi connectivity index (χ2n) is 4.63. The fourth-order valence-electron chi connectivity index (χ4n) is 2.22. The Hall–Kier alpha value is -1.00. The number of benzene rings is 1. The highest BCUT2D eigenvalue weighted by Crippen LogP contribution is 2.26. The van der Waals surface area contributed by atoms with E-state index in [1.165, 1.54) is 29.8 Å². The molecule has 0 saturated heterocycles. The van der Waals surface area contributed by atoms with Crippen LogP contribution in [0, 0.1) is 5.92 Å². The van der Waals surface area contributed by atoms with Gasteiger partial charge in [0.15, 0.2) is 0 Å². The number of carbonyl (C=O) groups is 1. The molecule has 1 aromatic carbocycles. The maximum absolute atomic E-state index is 10.2.